The van der Waals surface area contributed by atoms with Gasteiger partial charge in [0, 0.05) is 11.6 Å². The fourth-order valence-electron chi connectivity index (χ4n) is 2.85. The first-order valence-electron chi connectivity index (χ1n) is 7.11. The number of aliphatic hydroxyl groups is 1. The number of aromatic nitrogens is 1. The Morgan fingerprint density at radius 2 is 1.90 bits per heavy atom. The van der Waals surface area contributed by atoms with Crippen LogP contribution >= 0.6 is 0 Å². The molecule has 1 aliphatic carbocycles. The number of nitrogens with zero attached hydrogens (tertiary/aromatic N) is 1. The van der Waals surface area contributed by atoms with E-state index in [0.717, 1.165) is 18.2 Å². The van der Waals surface area contributed by atoms with Crippen molar-refractivity contribution in [2.75, 3.05) is 4.72 Å². The van der Waals surface area contributed by atoms with Gasteiger partial charge in [0.05, 0.1) is 17.3 Å². The van der Waals surface area contributed by atoms with E-state index in [1.807, 2.05) is 18.2 Å². The molecule has 0 saturated heterocycles. The van der Waals surface area contributed by atoms with Gasteiger partial charge in [-0.2, -0.15) is 0 Å². The molecule has 1 aliphatic rings. The molecule has 21 heavy (non-hydrogen) atoms. The quantitative estimate of drug-likeness (QED) is 0.912. The highest BCUT2D eigenvalue weighted by atomic mass is 32.2. The van der Waals surface area contributed by atoms with Crippen molar-refractivity contribution in [1.29, 1.82) is 0 Å². The first-order valence-corrected chi connectivity index (χ1v) is 8.66. The molecule has 1 fully saturated rings. The maximum Gasteiger partial charge on any atom is 0.238 e. The first kappa shape index (κ1) is 14.3. The van der Waals surface area contributed by atoms with Crippen molar-refractivity contribution in [3.05, 3.63) is 36.5 Å². The zero-order valence-electron chi connectivity index (χ0n) is 11.6. The van der Waals surface area contributed by atoms with E-state index in [1.54, 1.807) is 18.3 Å². The second-order valence-electron chi connectivity index (χ2n) is 5.42. The number of hydrogen-bond acceptors (Lipinski definition) is 4. The average Bonchev–Trinajstić information content (AvgIpc) is 2.47. The molecule has 112 valence electrons. The summed E-state index contributed by atoms with van der Waals surface area (Å²) in [4.78, 5) is 4.24. The van der Waals surface area contributed by atoms with E-state index < -0.39 is 21.4 Å². The van der Waals surface area contributed by atoms with Gasteiger partial charge in [0.2, 0.25) is 10.0 Å². The summed E-state index contributed by atoms with van der Waals surface area (Å²) >= 11 is 0. The summed E-state index contributed by atoms with van der Waals surface area (Å²) in [5, 5.41) is 10.1. The van der Waals surface area contributed by atoms with Crippen molar-refractivity contribution in [3.8, 4) is 0 Å². The minimum Gasteiger partial charge on any atom is -0.392 e. The van der Waals surface area contributed by atoms with Crippen molar-refractivity contribution in [1.82, 2.24) is 4.98 Å². The van der Waals surface area contributed by atoms with E-state index in [-0.39, 0.29) is 0 Å². The molecule has 0 bridgehead atoms. The number of nitrogens with one attached hydrogen (secondary N) is 1. The minimum absolute atomic E-state index is 0.464. The van der Waals surface area contributed by atoms with Gasteiger partial charge in [0.25, 0.3) is 0 Å². The summed E-state index contributed by atoms with van der Waals surface area (Å²) in [6, 6.07) is 9.07. The first-order chi connectivity index (χ1) is 10.1. The van der Waals surface area contributed by atoms with E-state index in [9.17, 15) is 13.5 Å². The third-order valence-electron chi connectivity index (χ3n) is 3.95. The Hall–Kier alpha value is -1.66. The van der Waals surface area contributed by atoms with Crippen LogP contribution in [0.4, 0.5) is 5.69 Å². The second kappa shape index (κ2) is 5.61. The van der Waals surface area contributed by atoms with Crippen LogP contribution in [0.1, 0.15) is 25.7 Å². The number of anilines is 1. The molecule has 2 unspecified atom stereocenters. The molecule has 2 aromatic rings. The Morgan fingerprint density at radius 1 is 1.14 bits per heavy atom. The van der Waals surface area contributed by atoms with Crippen molar-refractivity contribution < 1.29 is 13.5 Å². The zero-order valence-corrected chi connectivity index (χ0v) is 12.4. The lowest BCUT2D eigenvalue weighted by Crippen LogP contribution is -2.40. The second-order valence-corrected chi connectivity index (χ2v) is 7.32. The standard InChI is InChI=1S/C15H18N2O3S/c18-13-8-1-2-9-14(13)21(19,20)17-12-7-3-5-11-6-4-10-16-15(11)12/h3-7,10,13-14,17-18H,1-2,8-9H2. The molecule has 3 rings (SSSR count). The van der Waals surface area contributed by atoms with Crippen LogP contribution in [0.25, 0.3) is 10.9 Å². The smallest absolute Gasteiger partial charge is 0.238 e. The van der Waals surface area contributed by atoms with E-state index in [0.29, 0.717) is 24.0 Å². The predicted molar refractivity (Wildman–Crippen MR) is 82.5 cm³/mol. The number of fused-ring (bicyclic) bond motifs is 1. The van der Waals surface area contributed by atoms with Gasteiger partial charge in [-0.1, -0.05) is 31.0 Å². The summed E-state index contributed by atoms with van der Waals surface area (Å²) < 4.78 is 27.6. The number of rotatable bonds is 3. The number of aliphatic hydroxyl groups excluding tert-OH is 1. The highest BCUT2D eigenvalue weighted by Crippen LogP contribution is 2.28. The zero-order chi connectivity index (χ0) is 14.9. The average molecular weight is 306 g/mol. The fourth-order valence-corrected chi connectivity index (χ4v) is 4.50. The molecule has 1 heterocycles. The summed E-state index contributed by atoms with van der Waals surface area (Å²) in [7, 11) is -3.62. The van der Waals surface area contributed by atoms with Crippen LogP contribution in [0.5, 0.6) is 0 Å². The van der Waals surface area contributed by atoms with E-state index in [4.69, 9.17) is 0 Å². The maximum atomic E-state index is 12.5. The highest BCUT2D eigenvalue weighted by Gasteiger charge is 2.34. The van der Waals surface area contributed by atoms with Crippen LogP contribution < -0.4 is 4.72 Å². The number of para-hydroxylation sites is 1. The van der Waals surface area contributed by atoms with Crippen molar-refractivity contribution in [2.24, 2.45) is 0 Å². The lowest BCUT2D eigenvalue weighted by Gasteiger charge is -2.27. The number of benzene rings is 1. The summed E-state index contributed by atoms with van der Waals surface area (Å²) in [5.74, 6) is 0. The molecule has 1 aromatic carbocycles. The molecule has 1 saturated carbocycles. The maximum absolute atomic E-state index is 12.5. The molecular weight excluding hydrogens is 288 g/mol. The number of sulfonamides is 1. The van der Waals surface area contributed by atoms with Crippen LogP contribution in [0.15, 0.2) is 36.5 Å². The van der Waals surface area contributed by atoms with Crippen LogP contribution in [0.3, 0.4) is 0 Å². The Bertz CT molecular complexity index is 740. The Kier molecular flexibility index (Phi) is 3.82. The lowest BCUT2D eigenvalue weighted by atomic mass is 9.97. The third-order valence-corrected chi connectivity index (χ3v) is 5.80. The van der Waals surface area contributed by atoms with E-state index in [2.05, 4.69) is 9.71 Å². The molecule has 0 radical (unpaired) electrons. The van der Waals surface area contributed by atoms with Gasteiger partial charge in [-0.3, -0.25) is 9.71 Å². The van der Waals surface area contributed by atoms with Crippen LogP contribution in [-0.4, -0.2) is 29.9 Å². The van der Waals surface area contributed by atoms with Crippen LogP contribution in [0, 0.1) is 0 Å². The van der Waals surface area contributed by atoms with Gasteiger partial charge in [0.15, 0.2) is 0 Å². The normalized spacial score (nSPS) is 23.1. The molecule has 2 N–H and O–H groups in total. The van der Waals surface area contributed by atoms with E-state index >= 15 is 0 Å². The fraction of sp³-hybridized carbons (Fsp3) is 0.400. The van der Waals surface area contributed by atoms with Crippen molar-refractivity contribution in [2.45, 2.75) is 37.0 Å². The molecule has 1 aromatic heterocycles. The third kappa shape index (κ3) is 2.87. The van der Waals surface area contributed by atoms with Gasteiger partial charge in [-0.15, -0.1) is 0 Å². The topological polar surface area (TPSA) is 79.3 Å². The van der Waals surface area contributed by atoms with Gasteiger partial charge >= 0.3 is 0 Å². The highest BCUT2D eigenvalue weighted by molar-refractivity contribution is 7.93. The van der Waals surface area contributed by atoms with Crippen molar-refractivity contribution >= 4 is 26.6 Å². The van der Waals surface area contributed by atoms with Crippen molar-refractivity contribution in [3.63, 3.8) is 0 Å². The molecule has 6 heteroatoms. The van der Waals surface area contributed by atoms with Gasteiger partial charge < -0.3 is 5.11 Å². The SMILES string of the molecule is O=S(=O)(Nc1cccc2cccnc12)C1CCCCC1O. The summed E-state index contributed by atoms with van der Waals surface area (Å²) in [6.07, 6.45) is 3.59. The Labute approximate surface area is 124 Å². The number of pyridine rings is 1. The van der Waals surface area contributed by atoms with Crippen LogP contribution in [-0.2, 0) is 10.0 Å². The largest absolute Gasteiger partial charge is 0.392 e. The van der Waals surface area contributed by atoms with Gasteiger partial charge in [-0.05, 0) is 25.0 Å². The van der Waals surface area contributed by atoms with Gasteiger partial charge in [0.1, 0.15) is 5.25 Å². The molecule has 0 spiro atoms. The Morgan fingerprint density at radius 3 is 2.71 bits per heavy atom. The van der Waals surface area contributed by atoms with E-state index in [1.165, 1.54) is 0 Å². The lowest BCUT2D eigenvalue weighted by molar-refractivity contribution is 0.133. The molecule has 5 nitrogen and oxygen atoms in total. The van der Waals surface area contributed by atoms with Crippen LogP contribution in [0.2, 0.25) is 0 Å². The molecular formula is C15H18N2O3S. The Balaban J connectivity index is 1.94. The summed E-state index contributed by atoms with van der Waals surface area (Å²) in [5.41, 5.74) is 1.08. The monoisotopic (exact) mass is 306 g/mol. The summed E-state index contributed by atoms with van der Waals surface area (Å²) in [6.45, 7) is 0. The molecule has 0 amide bonds. The predicted octanol–water partition coefficient (Wildman–Crippen LogP) is 2.28. The minimum atomic E-state index is -3.62. The molecule has 2 atom stereocenters. The number of hydrogen-bond donors (Lipinski definition) is 2. The molecule has 0 aliphatic heterocycles. The van der Waals surface area contributed by atoms with Gasteiger partial charge in [-0.25, -0.2) is 8.42 Å².